The molecular weight excluding hydrogens is 456 g/mol. The summed E-state index contributed by atoms with van der Waals surface area (Å²) in [6, 6.07) is 8.43. The van der Waals surface area contributed by atoms with Crippen LogP contribution in [0.15, 0.2) is 29.1 Å². The van der Waals surface area contributed by atoms with Gasteiger partial charge in [-0.15, -0.1) is 12.4 Å². The number of fused-ring (bicyclic) bond motifs is 2. The van der Waals surface area contributed by atoms with Crippen molar-refractivity contribution in [3.63, 3.8) is 0 Å². The van der Waals surface area contributed by atoms with Crippen molar-refractivity contribution in [3.8, 4) is 17.0 Å². The summed E-state index contributed by atoms with van der Waals surface area (Å²) < 4.78 is 2.20. The molecule has 0 bridgehead atoms. The zero-order chi connectivity index (χ0) is 23.4. The molecule has 34 heavy (non-hydrogen) atoms. The molecule has 1 aliphatic heterocycles. The van der Waals surface area contributed by atoms with Gasteiger partial charge in [-0.05, 0) is 54.9 Å². The normalized spacial score (nSPS) is 22.1. The van der Waals surface area contributed by atoms with Gasteiger partial charge in [0.2, 0.25) is 0 Å². The van der Waals surface area contributed by atoms with Crippen LogP contribution in [0.25, 0.3) is 22.2 Å². The van der Waals surface area contributed by atoms with E-state index in [-0.39, 0.29) is 12.4 Å². The number of nitrogens with two attached hydrogens (primary N) is 1. The third-order valence-corrected chi connectivity index (χ3v) is 7.54. The van der Waals surface area contributed by atoms with E-state index in [1.807, 2.05) is 25.1 Å². The van der Waals surface area contributed by atoms with E-state index in [2.05, 4.69) is 27.6 Å². The Balaban J connectivity index is 0.00000274. The van der Waals surface area contributed by atoms with Crippen LogP contribution in [0.1, 0.15) is 41.4 Å². The highest BCUT2D eigenvalue weighted by atomic mass is 35.5. The van der Waals surface area contributed by atoms with Crippen molar-refractivity contribution in [2.45, 2.75) is 38.8 Å². The highest BCUT2D eigenvalue weighted by molar-refractivity contribution is 5.92. The summed E-state index contributed by atoms with van der Waals surface area (Å²) in [5.74, 6) is -0.470. The molecule has 0 radical (unpaired) electrons. The van der Waals surface area contributed by atoms with Gasteiger partial charge in [-0.3, -0.25) is 9.69 Å². The Morgan fingerprint density at radius 3 is 2.50 bits per heavy atom. The lowest BCUT2D eigenvalue weighted by Crippen LogP contribution is -2.25. The molecule has 5 rings (SSSR count). The van der Waals surface area contributed by atoms with Crippen LogP contribution in [0.5, 0.6) is 5.75 Å². The number of hydrogen-bond acceptors (Lipinski definition) is 5. The first kappa shape index (κ1) is 24.3. The summed E-state index contributed by atoms with van der Waals surface area (Å²) in [5.41, 5.74) is 8.64. The molecule has 3 aromatic rings. The van der Waals surface area contributed by atoms with Crippen molar-refractivity contribution in [1.29, 1.82) is 0 Å². The molecule has 0 unspecified atom stereocenters. The fourth-order valence-electron chi connectivity index (χ4n) is 5.93. The second-order valence-corrected chi connectivity index (χ2v) is 9.60. The molecule has 5 N–H and O–H groups in total. The first-order valence-corrected chi connectivity index (χ1v) is 11.5. The molecule has 0 amide bonds. The zero-order valence-electron chi connectivity index (χ0n) is 19.4. The maximum atomic E-state index is 12.3. The van der Waals surface area contributed by atoms with Crippen molar-refractivity contribution < 1.29 is 15.0 Å². The third kappa shape index (κ3) is 4.00. The third-order valence-electron chi connectivity index (χ3n) is 7.54. The van der Waals surface area contributed by atoms with Gasteiger partial charge >= 0.3 is 5.97 Å². The van der Waals surface area contributed by atoms with E-state index in [1.165, 1.54) is 5.69 Å². The number of carboxylic acid groups (broad SMARTS) is 1. The standard InChI is InChI=1S/C25H30N4O4.ClH/c1-3-19-22(27-24(31)21(23(19)30)25(32)33)13-4-5-20-14(6-13)9-18(28(20)2)12-29-10-15-7-17(26)8-16(15)11-29;/h4-6,9,15-17H,3,7-8,10-12,26H2,1-2H3,(H,32,33)(H2,27,30,31);1H/t15-,16+,17-;. The summed E-state index contributed by atoms with van der Waals surface area (Å²) in [7, 11) is 2.07. The molecule has 2 fully saturated rings. The van der Waals surface area contributed by atoms with Crippen molar-refractivity contribution in [1.82, 2.24) is 14.5 Å². The average molecular weight is 487 g/mol. The van der Waals surface area contributed by atoms with Crippen LogP contribution < -0.4 is 11.3 Å². The highest BCUT2D eigenvalue weighted by Crippen LogP contribution is 2.38. The number of aryl methyl sites for hydroxylation is 1. The lowest BCUT2D eigenvalue weighted by molar-refractivity contribution is 0.0691. The van der Waals surface area contributed by atoms with Crippen LogP contribution >= 0.6 is 12.4 Å². The fraction of sp³-hybridized carbons (Fsp3) is 0.440. The van der Waals surface area contributed by atoms with Gasteiger partial charge in [0.25, 0.3) is 5.56 Å². The van der Waals surface area contributed by atoms with Crippen LogP contribution in [-0.4, -0.2) is 49.8 Å². The quantitative estimate of drug-likeness (QED) is 0.439. The van der Waals surface area contributed by atoms with Crippen molar-refractivity contribution in [2.24, 2.45) is 24.6 Å². The smallest absolute Gasteiger partial charge is 0.345 e. The minimum Gasteiger partial charge on any atom is -0.506 e. The summed E-state index contributed by atoms with van der Waals surface area (Å²) >= 11 is 0. The molecule has 1 saturated carbocycles. The molecule has 3 atom stereocenters. The van der Waals surface area contributed by atoms with E-state index in [0.29, 0.717) is 35.6 Å². The first-order valence-electron chi connectivity index (χ1n) is 11.5. The Bertz CT molecular complexity index is 1300. The Morgan fingerprint density at radius 1 is 1.21 bits per heavy atom. The monoisotopic (exact) mass is 486 g/mol. The van der Waals surface area contributed by atoms with Crippen LogP contribution in [0.3, 0.4) is 0 Å². The highest BCUT2D eigenvalue weighted by Gasteiger charge is 2.39. The molecule has 3 heterocycles. The van der Waals surface area contributed by atoms with Gasteiger partial charge in [-0.2, -0.15) is 0 Å². The summed E-state index contributed by atoms with van der Waals surface area (Å²) in [6.07, 6.45) is 2.65. The number of rotatable bonds is 5. The number of carboxylic acids is 1. The molecular formula is C25H31ClN4O4. The number of benzene rings is 1. The number of carbonyl (C=O) groups is 1. The lowest BCUT2D eigenvalue weighted by atomic mass is 9.99. The second kappa shape index (κ2) is 9.09. The zero-order valence-corrected chi connectivity index (χ0v) is 20.2. The number of aromatic amines is 1. The Morgan fingerprint density at radius 2 is 1.88 bits per heavy atom. The summed E-state index contributed by atoms with van der Waals surface area (Å²) in [4.78, 5) is 29.0. The second-order valence-electron chi connectivity index (χ2n) is 9.60. The molecule has 0 spiro atoms. The summed E-state index contributed by atoms with van der Waals surface area (Å²) in [5, 5.41) is 20.8. The number of likely N-dealkylation sites (tertiary alicyclic amines) is 1. The topological polar surface area (TPSA) is 125 Å². The first-order chi connectivity index (χ1) is 15.8. The average Bonchev–Trinajstić information content (AvgIpc) is 3.38. The predicted molar refractivity (Wildman–Crippen MR) is 134 cm³/mol. The number of hydrogen-bond donors (Lipinski definition) is 4. The molecule has 1 saturated heterocycles. The van der Waals surface area contributed by atoms with Crippen molar-refractivity contribution in [3.05, 3.63) is 51.4 Å². The number of H-pyrrole nitrogens is 1. The van der Waals surface area contributed by atoms with Crippen LogP contribution in [-0.2, 0) is 20.0 Å². The molecule has 8 nitrogen and oxygen atoms in total. The number of aromatic nitrogens is 2. The molecule has 2 aliphatic rings. The molecule has 182 valence electrons. The molecule has 2 aromatic heterocycles. The Hall–Kier alpha value is -2.81. The van der Waals surface area contributed by atoms with Gasteiger partial charge in [0, 0.05) is 54.9 Å². The van der Waals surface area contributed by atoms with Crippen molar-refractivity contribution in [2.75, 3.05) is 13.1 Å². The van der Waals surface area contributed by atoms with Gasteiger partial charge in [0.1, 0.15) is 5.75 Å². The maximum absolute atomic E-state index is 12.3. The van der Waals surface area contributed by atoms with Crippen LogP contribution in [0, 0.1) is 11.8 Å². The van der Waals surface area contributed by atoms with Gasteiger partial charge in [0.15, 0.2) is 5.56 Å². The number of halogens is 1. The Labute approximate surface area is 203 Å². The number of aromatic carboxylic acids is 1. The van der Waals surface area contributed by atoms with Gasteiger partial charge in [-0.25, -0.2) is 4.79 Å². The number of nitrogens with zero attached hydrogens (tertiary/aromatic N) is 2. The lowest BCUT2D eigenvalue weighted by Gasteiger charge is -2.18. The maximum Gasteiger partial charge on any atom is 0.345 e. The van der Waals surface area contributed by atoms with Crippen LogP contribution in [0.2, 0.25) is 0 Å². The van der Waals surface area contributed by atoms with E-state index >= 15 is 0 Å². The van der Waals surface area contributed by atoms with E-state index in [4.69, 9.17) is 5.73 Å². The molecule has 1 aliphatic carbocycles. The predicted octanol–water partition coefficient (Wildman–Crippen LogP) is 3.09. The number of nitrogens with one attached hydrogen (secondary N) is 1. The van der Waals surface area contributed by atoms with Crippen LogP contribution in [0.4, 0.5) is 0 Å². The molecule has 1 aromatic carbocycles. The largest absolute Gasteiger partial charge is 0.506 e. The van der Waals surface area contributed by atoms with Gasteiger partial charge in [0.05, 0.1) is 5.69 Å². The van der Waals surface area contributed by atoms with Gasteiger partial charge < -0.3 is 25.5 Å². The van der Waals surface area contributed by atoms with Crippen molar-refractivity contribution >= 4 is 29.3 Å². The minimum absolute atomic E-state index is 0. The van der Waals surface area contributed by atoms with E-state index in [0.717, 1.165) is 48.9 Å². The van der Waals surface area contributed by atoms with E-state index < -0.39 is 22.8 Å². The summed E-state index contributed by atoms with van der Waals surface area (Å²) in [6.45, 7) is 4.90. The van der Waals surface area contributed by atoms with E-state index in [9.17, 15) is 19.8 Å². The van der Waals surface area contributed by atoms with Gasteiger partial charge in [-0.1, -0.05) is 13.0 Å². The number of aromatic hydroxyl groups is 1. The minimum atomic E-state index is -1.44. The number of pyridine rings is 1. The molecule has 9 heteroatoms. The SMILES string of the molecule is CCc1c(-c2ccc3c(c2)cc(CN2C[C@H]4C[C@@H](N)C[C@H]4C2)n3C)[nH]c(=O)c(C(=O)O)c1O.Cl. The fourth-order valence-corrected chi connectivity index (χ4v) is 5.93. The van der Waals surface area contributed by atoms with E-state index in [1.54, 1.807) is 0 Å². The Kier molecular flexibility index (Phi) is 6.50.